The van der Waals surface area contributed by atoms with Gasteiger partial charge in [-0.2, -0.15) is 4.31 Å². The van der Waals surface area contributed by atoms with Crippen LogP contribution in [0.25, 0.3) is 0 Å². The number of hydrogen-bond donors (Lipinski definition) is 1. The molecule has 1 saturated heterocycles. The number of piperidine rings is 1. The van der Waals surface area contributed by atoms with Crippen molar-refractivity contribution >= 4 is 21.4 Å². The van der Waals surface area contributed by atoms with Crippen LogP contribution in [0.1, 0.15) is 25.1 Å². The number of sulfonamides is 1. The minimum atomic E-state index is -3.34. The minimum absolute atomic E-state index is 0.0639. The van der Waals surface area contributed by atoms with Crippen LogP contribution >= 0.6 is 11.3 Å². The molecule has 6 heteroatoms. The zero-order valence-electron chi connectivity index (χ0n) is 11.0. The number of nitrogens with zero attached hydrogens (tertiary/aromatic N) is 1. The summed E-state index contributed by atoms with van der Waals surface area (Å²) < 4.78 is 27.0. The van der Waals surface area contributed by atoms with Crippen LogP contribution in [0.4, 0.5) is 0 Å². The normalized spacial score (nSPS) is 25.2. The first-order valence-electron chi connectivity index (χ1n) is 6.06. The molecule has 4 nitrogen and oxygen atoms in total. The fourth-order valence-electron chi connectivity index (χ4n) is 2.21. The predicted molar refractivity (Wildman–Crippen MR) is 74.2 cm³/mol. The maximum atomic E-state index is 12.5. The molecule has 2 rings (SSSR count). The summed E-state index contributed by atoms with van der Waals surface area (Å²) >= 11 is 1.33. The fourth-order valence-corrected chi connectivity index (χ4v) is 5.27. The van der Waals surface area contributed by atoms with E-state index in [9.17, 15) is 8.42 Å². The summed E-state index contributed by atoms with van der Waals surface area (Å²) in [6.07, 6.45) is 0.719. The fraction of sp³-hybridized carbons (Fsp3) is 0.667. The lowest BCUT2D eigenvalue weighted by molar-refractivity contribution is 0.156. The van der Waals surface area contributed by atoms with Gasteiger partial charge in [-0.15, -0.1) is 11.3 Å². The molecule has 1 fully saturated rings. The van der Waals surface area contributed by atoms with Crippen LogP contribution in [0.5, 0.6) is 0 Å². The molecule has 2 N–H and O–H groups in total. The second kappa shape index (κ2) is 4.59. The quantitative estimate of drug-likeness (QED) is 0.902. The van der Waals surface area contributed by atoms with Crippen molar-refractivity contribution in [3.8, 4) is 0 Å². The highest BCUT2D eigenvalue weighted by atomic mass is 32.2. The summed E-state index contributed by atoms with van der Waals surface area (Å²) in [6, 6.07) is 3.60. The highest BCUT2D eigenvalue weighted by Gasteiger charge is 2.39. The van der Waals surface area contributed by atoms with Gasteiger partial charge >= 0.3 is 0 Å². The van der Waals surface area contributed by atoms with Crippen molar-refractivity contribution < 1.29 is 8.42 Å². The Hall–Kier alpha value is -0.430. The number of thiophene rings is 1. The van der Waals surface area contributed by atoms with E-state index in [-0.39, 0.29) is 11.5 Å². The second-order valence-electron chi connectivity index (χ2n) is 5.59. The SMILES string of the molecule is Cc1ccc(S(=O)(=O)N2CCC(N)C(C)(C)C2)s1. The first-order chi connectivity index (χ1) is 8.23. The van der Waals surface area contributed by atoms with Crippen molar-refractivity contribution in [3.63, 3.8) is 0 Å². The van der Waals surface area contributed by atoms with Crippen LogP contribution in [-0.4, -0.2) is 31.9 Å². The Morgan fingerprint density at radius 1 is 1.44 bits per heavy atom. The lowest BCUT2D eigenvalue weighted by Crippen LogP contribution is -2.53. The molecule has 1 aliphatic rings. The Bertz CT molecular complexity index is 534. The smallest absolute Gasteiger partial charge is 0.252 e. The van der Waals surface area contributed by atoms with Gasteiger partial charge in [0.05, 0.1) is 0 Å². The van der Waals surface area contributed by atoms with Gasteiger partial charge in [0.2, 0.25) is 0 Å². The largest absolute Gasteiger partial charge is 0.327 e. The van der Waals surface area contributed by atoms with E-state index in [1.165, 1.54) is 11.3 Å². The van der Waals surface area contributed by atoms with Crippen LogP contribution in [0.3, 0.4) is 0 Å². The number of nitrogens with two attached hydrogens (primary N) is 1. The third-order valence-electron chi connectivity index (χ3n) is 3.59. The Kier molecular flexibility index (Phi) is 3.57. The molecular formula is C12H20N2O2S2. The van der Waals surface area contributed by atoms with Crippen molar-refractivity contribution in [3.05, 3.63) is 17.0 Å². The van der Waals surface area contributed by atoms with Crippen LogP contribution in [0.15, 0.2) is 16.3 Å². The number of aryl methyl sites for hydroxylation is 1. The summed E-state index contributed by atoms with van der Waals surface area (Å²) in [5.41, 5.74) is 5.87. The van der Waals surface area contributed by atoms with Crippen molar-refractivity contribution in [2.24, 2.45) is 11.1 Å². The monoisotopic (exact) mass is 288 g/mol. The summed E-state index contributed by atoms with van der Waals surface area (Å²) in [5, 5.41) is 0. The van der Waals surface area contributed by atoms with Gasteiger partial charge in [-0.1, -0.05) is 13.8 Å². The second-order valence-corrected chi connectivity index (χ2v) is 9.04. The van der Waals surface area contributed by atoms with Gasteiger partial charge in [0.15, 0.2) is 0 Å². The van der Waals surface area contributed by atoms with E-state index in [4.69, 9.17) is 5.73 Å². The average Bonchev–Trinajstić information content (AvgIpc) is 2.69. The van der Waals surface area contributed by atoms with Crippen molar-refractivity contribution in [1.29, 1.82) is 0 Å². The molecule has 102 valence electrons. The number of rotatable bonds is 2. The standard InChI is InChI=1S/C12H20N2O2S2/c1-9-4-5-11(17-9)18(15,16)14-7-6-10(13)12(2,3)8-14/h4-5,10H,6-8,13H2,1-3H3. The third-order valence-corrected chi connectivity index (χ3v) is 6.90. The molecule has 0 aliphatic carbocycles. The molecule has 0 saturated carbocycles. The van der Waals surface area contributed by atoms with Gasteiger partial charge in [0.25, 0.3) is 10.0 Å². The van der Waals surface area contributed by atoms with E-state index in [0.717, 1.165) is 11.3 Å². The van der Waals surface area contributed by atoms with E-state index in [0.29, 0.717) is 17.3 Å². The maximum Gasteiger partial charge on any atom is 0.252 e. The Morgan fingerprint density at radius 3 is 2.61 bits per heavy atom. The Morgan fingerprint density at radius 2 is 2.11 bits per heavy atom. The van der Waals surface area contributed by atoms with Crippen molar-refractivity contribution in [2.75, 3.05) is 13.1 Å². The summed E-state index contributed by atoms with van der Waals surface area (Å²) in [5.74, 6) is 0. The van der Waals surface area contributed by atoms with E-state index < -0.39 is 10.0 Å². The highest BCUT2D eigenvalue weighted by molar-refractivity contribution is 7.91. The van der Waals surface area contributed by atoms with Gasteiger partial charge in [0, 0.05) is 24.0 Å². The van der Waals surface area contributed by atoms with E-state index in [1.807, 2.05) is 26.8 Å². The summed E-state index contributed by atoms with van der Waals surface area (Å²) in [4.78, 5) is 1.02. The third kappa shape index (κ3) is 2.47. The average molecular weight is 288 g/mol. The van der Waals surface area contributed by atoms with Crippen LogP contribution < -0.4 is 5.73 Å². The van der Waals surface area contributed by atoms with E-state index in [2.05, 4.69) is 0 Å². The molecule has 0 aromatic carbocycles. The maximum absolute atomic E-state index is 12.5. The lowest BCUT2D eigenvalue weighted by Gasteiger charge is -2.41. The van der Waals surface area contributed by atoms with Crippen LogP contribution in [-0.2, 0) is 10.0 Å². The van der Waals surface area contributed by atoms with Gasteiger partial charge in [0.1, 0.15) is 4.21 Å². The highest BCUT2D eigenvalue weighted by Crippen LogP contribution is 2.32. The van der Waals surface area contributed by atoms with Crippen LogP contribution in [0, 0.1) is 12.3 Å². The number of hydrogen-bond acceptors (Lipinski definition) is 4. The van der Waals surface area contributed by atoms with Gasteiger partial charge < -0.3 is 5.73 Å². The summed E-state index contributed by atoms with van der Waals surface area (Å²) in [7, 11) is -3.34. The molecule has 0 spiro atoms. The molecule has 0 bridgehead atoms. The molecule has 0 radical (unpaired) electrons. The van der Waals surface area contributed by atoms with Crippen LogP contribution in [0.2, 0.25) is 0 Å². The molecule has 1 aromatic heterocycles. The first kappa shape index (κ1) is 14.0. The Labute approximate surface area is 113 Å². The molecule has 18 heavy (non-hydrogen) atoms. The van der Waals surface area contributed by atoms with Gasteiger partial charge in [-0.05, 0) is 30.9 Å². The summed E-state index contributed by atoms with van der Waals surface area (Å²) in [6.45, 7) is 6.98. The topological polar surface area (TPSA) is 63.4 Å². The van der Waals surface area contributed by atoms with Gasteiger partial charge in [-0.3, -0.25) is 0 Å². The lowest BCUT2D eigenvalue weighted by atomic mass is 9.81. The Balaban J connectivity index is 2.27. The molecule has 1 aromatic rings. The molecule has 1 aliphatic heterocycles. The minimum Gasteiger partial charge on any atom is -0.327 e. The van der Waals surface area contributed by atoms with E-state index >= 15 is 0 Å². The molecule has 1 atom stereocenters. The zero-order valence-corrected chi connectivity index (χ0v) is 12.6. The van der Waals surface area contributed by atoms with Gasteiger partial charge in [-0.25, -0.2) is 8.42 Å². The van der Waals surface area contributed by atoms with Crippen molar-refractivity contribution in [1.82, 2.24) is 4.31 Å². The molecule has 1 unspecified atom stereocenters. The first-order valence-corrected chi connectivity index (χ1v) is 8.31. The van der Waals surface area contributed by atoms with Crippen molar-refractivity contribution in [2.45, 2.75) is 37.4 Å². The predicted octanol–water partition coefficient (Wildman–Crippen LogP) is 1.80. The molecule has 0 amide bonds. The molecular weight excluding hydrogens is 268 g/mol. The van der Waals surface area contributed by atoms with E-state index in [1.54, 1.807) is 10.4 Å². The zero-order chi connectivity index (χ0) is 13.6. The molecule has 2 heterocycles.